The van der Waals surface area contributed by atoms with Gasteiger partial charge in [-0.05, 0) is 5.56 Å². The third-order valence-corrected chi connectivity index (χ3v) is 1.60. The molecule has 0 N–H and O–H groups in total. The van der Waals surface area contributed by atoms with Crippen LogP contribution in [0.1, 0.15) is 11.5 Å². The van der Waals surface area contributed by atoms with Gasteiger partial charge in [-0.2, -0.15) is 0 Å². The standard InChI is InChI=1S/C9H8O4.Li.Na/c10-8(11)7(9(12)13)6-4-2-1-3-5-6;;/h1-5,7H,(H,10,11)(H,12,13);;/q;2*+1/p-2. The van der Waals surface area contributed by atoms with E-state index >= 15 is 0 Å². The van der Waals surface area contributed by atoms with Crippen molar-refractivity contribution >= 4 is 11.9 Å². The molecular weight excluding hydrogens is 202 g/mol. The van der Waals surface area contributed by atoms with Gasteiger partial charge in [-0.3, -0.25) is 0 Å². The first-order valence-electron chi connectivity index (χ1n) is 3.59. The van der Waals surface area contributed by atoms with Crippen LogP contribution < -0.4 is 58.6 Å². The Morgan fingerprint density at radius 3 is 1.73 bits per heavy atom. The quantitative estimate of drug-likeness (QED) is 0.365. The molecule has 0 heterocycles. The second kappa shape index (κ2) is 7.97. The fraction of sp³-hybridized carbons (Fsp3) is 0.111. The molecule has 0 unspecified atom stereocenters. The molecule has 0 aliphatic heterocycles. The second-order valence-electron chi connectivity index (χ2n) is 2.48. The molecule has 6 heteroatoms. The first-order valence-corrected chi connectivity index (χ1v) is 3.59. The van der Waals surface area contributed by atoms with Crippen LogP contribution >= 0.6 is 0 Å². The minimum Gasteiger partial charge on any atom is -0.549 e. The zero-order valence-electron chi connectivity index (χ0n) is 8.60. The molecule has 4 nitrogen and oxygen atoms in total. The molecule has 15 heavy (non-hydrogen) atoms. The summed E-state index contributed by atoms with van der Waals surface area (Å²) >= 11 is 0. The molecule has 68 valence electrons. The molecule has 0 bridgehead atoms. The van der Waals surface area contributed by atoms with Crippen molar-refractivity contribution in [3.63, 3.8) is 0 Å². The fourth-order valence-electron chi connectivity index (χ4n) is 1.01. The number of carbonyl (C=O) groups is 2. The number of hydrogen-bond donors (Lipinski definition) is 0. The van der Waals surface area contributed by atoms with Gasteiger partial charge in [0, 0.05) is 0 Å². The summed E-state index contributed by atoms with van der Waals surface area (Å²) in [7, 11) is 0. The van der Waals surface area contributed by atoms with Gasteiger partial charge in [-0.1, -0.05) is 30.3 Å². The van der Waals surface area contributed by atoms with Crippen LogP contribution in [0.15, 0.2) is 30.3 Å². The monoisotopic (exact) mass is 208 g/mol. The molecule has 0 saturated carbocycles. The first-order chi connectivity index (χ1) is 6.13. The van der Waals surface area contributed by atoms with Gasteiger partial charge in [0.05, 0.1) is 17.9 Å². The van der Waals surface area contributed by atoms with E-state index < -0.39 is 17.9 Å². The minimum absolute atomic E-state index is 0. The molecule has 1 aromatic carbocycles. The van der Waals surface area contributed by atoms with Gasteiger partial charge in [-0.15, -0.1) is 0 Å². The van der Waals surface area contributed by atoms with Crippen molar-refractivity contribution in [2.24, 2.45) is 0 Å². The maximum Gasteiger partial charge on any atom is 1.00 e. The van der Waals surface area contributed by atoms with Gasteiger partial charge >= 0.3 is 48.4 Å². The SMILES string of the molecule is O=C([O-])C(C(=O)[O-])c1ccccc1.[Li+].[Na+]. The molecular formula is C9H6LiNaO4. The summed E-state index contributed by atoms with van der Waals surface area (Å²) < 4.78 is 0. The molecule has 0 saturated heterocycles. The summed E-state index contributed by atoms with van der Waals surface area (Å²) in [6, 6.07) is 7.56. The minimum atomic E-state index is -1.69. The molecule has 1 rings (SSSR count). The van der Waals surface area contributed by atoms with Crippen LogP contribution in [0, 0.1) is 0 Å². The third-order valence-electron chi connectivity index (χ3n) is 1.60. The maximum absolute atomic E-state index is 10.4. The fourth-order valence-corrected chi connectivity index (χ4v) is 1.01. The first kappa shape index (κ1) is 17.2. The van der Waals surface area contributed by atoms with Crippen LogP contribution in [0.4, 0.5) is 0 Å². The smallest absolute Gasteiger partial charge is 0.549 e. The molecule has 0 aromatic heterocycles. The Morgan fingerprint density at radius 1 is 1.00 bits per heavy atom. The Hall–Kier alpha value is -0.243. The van der Waals surface area contributed by atoms with Gasteiger partial charge < -0.3 is 19.8 Å². The van der Waals surface area contributed by atoms with Gasteiger partial charge in [0.15, 0.2) is 0 Å². The third kappa shape index (κ3) is 4.87. The Labute approximate surface area is 121 Å². The van der Waals surface area contributed by atoms with Crippen molar-refractivity contribution in [1.82, 2.24) is 0 Å². The van der Waals surface area contributed by atoms with Gasteiger partial charge in [0.25, 0.3) is 0 Å². The van der Waals surface area contributed by atoms with Crippen molar-refractivity contribution in [3.05, 3.63) is 35.9 Å². The number of carboxylic acids is 2. The molecule has 1 aromatic rings. The predicted molar refractivity (Wildman–Crippen MR) is 39.2 cm³/mol. The molecule has 0 aliphatic rings. The average molecular weight is 208 g/mol. The van der Waals surface area contributed by atoms with Crippen molar-refractivity contribution in [2.45, 2.75) is 5.92 Å². The van der Waals surface area contributed by atoms with Crippen LogP contribution in [-0.4, -0.2) is 11.9 Å². The van der Waals surface area contributed by atoms with Crippen molar-refractivity contribution in [1.29, 1.82) is 0 Å². The van der Waals surface area contributed by atoms with E-state index in [4.69, 9.17) is 0 Å². The van der Waals surface area contributed by atoms with E-state index in [9.17, 15) is 19.8 Å². The van der Waals surface area contributed by atoms with E-state index in [2.05, 4.69) is 0 Å². The summed E-state index contributed by atoms with van der Waals surface area (Å²) in [5.74, 6) is -5.02. The van der Waals surface area contributed by atoms with E-state index in [1.54, 1.807) is 18.2 Å². The van der Waals surface area contributed by atoms with E-state index in [1.165, 1.54) is 12.1 Å². The predicted octanol–water partition coefficient (Wildman–Crippen LogP) is -7.72. The average Bonchev–Trinajstić information content (AvgIpc) is 2.04. The van der Waals surface area contributed by atoms with E-state index in [-0.39, 0.29) is 54.0 Å². The Balaban J connectivity index is 0. The van der Waals surface area contributed by atoms with Crippen LogP contribution in [0.25, 0.3) is 0 Å². The van der Waals surface area contributed by atoms with Gasteiger partial charge in [0.2, 0.25) is 0 Å². The Morgan fingerprint density at radius 2 is 1.40 bits per heavy atom. The van der Waals surface area contributed by atoms with Crippen LogP contribution in [0.3, 0.4) is 0 Å². The molecule has 0 aliphatic carbocycles. The summed E-state index contributed by atoms with van der Waals surface area (Å²) in [5, 5.41) is 20.8. The Bertz CT molecular complexity index is 314. The van der Waals surface area contributed by atoms with E-state index in [1.807, 2.05) is 0 Å². The van der Waals surface area contributed by atoms with Crippen molar-refractivity contribution < 1.29 is 68.2 Å². The number of carboxylic acid groups (broad SMARTS) is 2. The summed E-state index contributed by atoms with van der Waals surface area (Å²) in [4.78, 5) is 20.8. The Kier molecular flexibility index (Phi) is 9.12. The van der Waals surface area contributed by atoms with Crippen molar-refractivity contribution in [2.75, 3.05) is 0 Å². The number of rotatable bonds is 3. The molecule has 0 atom stereocenters. The summed E-state index contributed by atoms with van der Waals surface area (Å²) in [5.41, 5.74) is 0.155. The summed E-state index contributed by atoms with van der Waals surface area (Å²) in [6.45, 7) is 0. The van der Waals surface area contributed by atoms with Crippen LogP contribution in [0.5, 0.6) is 0 Å². The molecule has 0 spiro atoms. The maximum atomic E-state index is 10.4. The number of benzene rings is 1. The molecule has 0 amide bonds. The van der Waals surface area contributed by atoms with Gasteiger partial charge in [0.1, 0.15) is 0 Å². The largest absolute Gasteiger partial charge is 1.00 e. The van der Waals surface area contributed by atoms with E-state index in [0.29, 0.717) is 0 Å². The zero-order chi connectivity index (χ0) is 9.84. The van der Waals surface area contributed by atoms with Crippen molar-refractivity contribution in [3.8, 4) is 0 Å². The number of carbonyl (C=O) groups excluding carboxylic acids is 2. The molecule has 0 radical (unpaired) electrons. The summed E-state index contributed by atoms with van der Waals surface area (Å²) in [6.07, 6.45) is 0. The number of aliphatic carboxylic acids is 2. The molecule has 0 fully saturated rings. The zero-order valence-corrected chi connectivity index (χ0v) is 10.6. The second-order valence-corrected chi connectivity index (χ2v) is 2.48. The van der Waals surface area contributed by atoms with Crippen LogP contribution in [0.2, 0.25) is 0 Å². The van der Waals surface area contributed by atoms with E-state index in [0.717, 1.165) is 0 Å². The number of hydrogen-bond acceptors (Lipinski definition) is 4. The van der Waals surface area contributed by atoms with Crippen LogP contribution in [-0.2, 0) is 9.59 Å². The van der Waals surface area contributed by atoms with Gasteiger partial charge in [-0.25, -0.2) is 0 Å². The normalized spacial score (nSPS) is 8.60. The topological polar surface area (TPSA) is 80.3 Å².